The van der Waals surface area contributed by atoms with Gasteiger partial charge in [0.2, 0.25) is 0 Å². The van der Waals surface area contributed by atoms with Crippen molar-refractivity contribution in [2.75, 3.05) is 0 Å². The van der Waals surface area contributed by atoms with Crippen molar-refractivity contribution in [2.24, 2.45) is 5.10 Å². The van der Waals surface area contributed by atoms with Crippen LogP contribution >= 0.6 is 15.9 Å². The molecular weight excluding hydrogens is 328 g/mol. The van der Waals surface area contributed by atoms with Crippen LogP contribution in [0.3, 0.4) is 0 Å². The summed E-state index contributed by atoms with van der Waals surface area (Å²) < 4.78 is 0.911. The lowest BCUT2D eigenvalue weighted by atomic mass is 10.1. The van der Waals surface area contributed by atoms with E-state index in [1.165, 1.54) is 5.56 Å². The summed E-state index contributed by atoms with van der Waals surface area (Å²) in [4.78, 5) is 12.1. The van der Waals surface area contributed by atoms with Gasteiger partial charge in [-0.3, -0.25) is 4.79 Å². The van der Waals surface area contributed by atoms with E-state index < -0.39 is 0 Å². The van der Waals surface area contributed by atoms with Crippen LogP contribution in [0.1, 0.15) is 34.0 Å². The average molecular weight is 345 g/mol. The predicted molar refractivity (Wildman–Crippen MR) is 89.7 cm³/mol. The fourth-order valence-electron chi connectivity index (χ4n) is 1.79. The maximum absolute atomic E-state index is 12.1. The second-order valence-corrected chi connectivity index (χ2v) is 5.82. The number of halogens is 1. The highest BCUT2D eigenvalue weighted by molar-refractivity contribution is 9.10. The van der Waals surface area contributed by atoms with Crippen LogP contribution in [0, 0.1) is 13.8 Å². The Kier molecular flexibility index (Phi) is 4.91. The third-order valence-corrected chi connectivity index (χ3v) is 4.08. The number of aryl methyl sites for hydroxylation is 2. The maximum Gasteiger partial charge on any atom is 0.271 e. The van der Waals surface area contributed by atoms with Crippen LogP contribution in [0.4, 0.5) is 0 Å². The number of hydrazone groups is 1. The van der Waals surface area contributed by atoms with Crippen LogP contribution in [-0.2, 0) is 0 Å². The Morgan fingerprint density at radius 2 is 1.67 bits per heavy atom. The van der Waals surface area contributed by atoms with Gasteiger partial charge in [0.1, 0.15) is 0 Å². The molecule has 108 valence electrons. The zero-order chi connectivity index (χ0) is 15.4. The number of carbonyl (C=O) groups excluding carboxylic acids is 1. The molecule has 0 saturated heterocycles. The predicted octanol–water partition coefficient (Wildman–Crippen LogP) is 4.22. The van der Waals surface area contributed by atoms with E-state index in [4.69, 9.17) is 0 Å². The maximum atomic E-state index is 12.1. The van der Waals surface area contributed by atoms with Gasteiger partial charge in [-0.15, -0.1) is 0 Å². The van der Waals surface area contributed by atoms with Crippen molar-refractivity contribution in [1.29, 1.82) is 0 Å². The Balaban J connectivity index is 2.10. The summed E-state index contributed by atoms with van der Waals surface area (Å²) >= 11 is 3.42. The van der Waals surface area contributed by atoms with Crippen LogP contribution in [0.25, 0.3) is 0 Å². The van der Waals surface area contributed by atoms with Crippen molar-refractivity contribution in [1.82, 2.24) is 5.43 Å². The summed E-state index contributed by atoms with van der Waals surface area (Å²) in [6.07, 6.45) is 0. The van der Waals surface area contributed by atoms with Gasteiger partial charge in [-0.05, 0) is 44.0 Å². The Bertz CT molecular complexity index is 690. The third-order valence-electron chi connectivity index (χ3n) is 3.23. The van der Waals surface area contributed by atoms with Gasteiger partial charge in [-0.2, -0.15) is 5.10 Å². The van der Waals surface area contributed by atoms with Gasteiger partial charge >= 0.3 is 0 Å². The smallest absolute Gasteiger partial charge is 0.267 e. The van der Waals surface area contributed by atoms with E-state index in [-0.39, 0.29) is 5.91 Å². The van der Waals surface area contributed by atoms with Crippen LogP contribution < -0.4 is 5.43 Å². The van der Waals surface area contributed by atoms with E-state index in [2.05, 4.69) is 26.5 Å². The van der Waals surface area contributed by atoms with E-state index in [9.17, 15) is 4.79 Å². The quantitative estimate of drug-likeness (QED) is 0.657. The first-order valence-electron chi connectivity index (χ1n) is 6.65. The number of nitrogens with zero attached hydrogens (tertiary/aromatic N) is 1. The number of hydrogen-bond acceptors (Lipinski definition) is 2. The van der Waals surface area contributed by atoms with E-state index in [1.807, 2.05) is 51.1 Å². The fourth-order valence-corrected chi connectivity index (χ4v) is 2.17. The Morgan fingerprint density at radius 1 is 1.05 bits per heavy atom. The van der Waals surface area contributed by atoms with Crippen molar-refractivity contribution < 1.29 is 4.79 Å². The van der Waals surface area contributed by atoms with Gasteiger partial charge in [0.05, 0.1) is 5.71 Å². The van der Waals surface area contributed by atoms with Crippen LogP contribution in [0.5, 0.6) is 0 Å². The number of nitrogens with one attached hydrogen (secondary N) is 1. The highest BCUT2D eigenvalue weighted by atomic mass is 79.9. The van der Waals surface area contributed by atoms with Gasteiger partial charge in [-0.1, -0.05) is 51.8 Å². The normalized spacial score (nSPS) is 11.3. The molecule has 0 unspecified atom stereocenters. The zero-order valence-corrected chi connectivity index (χ0v) is 13.9. The monoisotopic (exact) mass is 344 g/mol. The SMILES string of the molecule is C/C(=N\NC(=O)c1ccc(C)c(Br)c1)c1ccc(C)cc1. The average Bonchev–Trinajstić information content (AvgIpc) is 2.48. The van der Waals surface area contributed by atoms with Crippen LogP contribution in [0.15, 0.2) is 52.0 Å². The molecule has 2 rings (SSSR count). The minimum absolute atomic E-state index is 0.220. The molecule has 0 heterocycles. The molecule has 1 N–H and O–H groups in total. The molecule has 0 radical (unpaired) electrons. The molecular formula is C17H17BrN2O. The lowest BCUT2D eigenvalue weighted by Gasteiger charge is -2.05. The number of amides is 1. The second kappa shape index (κ2) is 6.68. The fraction of sp³-hybridized carbons (Fsp3) is 0.176. The molecule has 0 atom stereocenters. The van der Waals surface area contributed by atoms with Crippen molar-refractivity contribution in [2.45, 2.75) is 20.8 Å². The van der Waals surface area contributed by atoms with Gasteiger partial charge in [-0.25, -0.2) is 5.43 Å². The topological polar surface area (TPSA) is 41.5 Å². The standard InChI is InChI=1S/C17H17BrN2O/c1-11-4-7-14(8-5-11)13(3)19-20-17(21)15-9-6-12(2)16(18)10-15/h4-10H,1-3H3,(H,20,21)/b19-13+. The Labute approximate surface area is 133 Å². The highest BCUT2D eigenvalue weighted by Crippen LogP contribution is 2.17. The third kappa shape index (κ3) is 4.02. The number of carbonyl (C=O) groups is 1. The number of rotatable bonds is 3. The van der Waals surface area contributed by atoms with Crippen molar-refractivity contribution >= 4 is 27.5 Å². The lowest BCUT2D eigenvalue weighted by molar-refractivity contribution is 0.0955. The number of hydrogen-bond donors (Lipinski definition) is 1. The molecule has 0 saturated carbocycles. The summed E-state index contributed by atoms with van der Waals surface area (Å²) in [5, 5.41) is 4.15. The summed E-state index contributed by atoms with van der Waals surface area (Å²) in [6, 6.07) is 13.5. The molecule has 4 heteroatoms. The second-order valence-electron chi connectivity index (χ2n) is 4.97. The molecule has 21 heavy (non-hydrogen) atoms. The molecule has 1 amide bonds. The highest BCUT2D eigenvalue weighted by Gasteiger charge is 2.06. The Morgan fingerprint density at radius 3 is 2.29 bits per heavy atom. The van der Waals surface area contributed by atoms with Gasteiger partial charge in [0.25, 0.3) is 5.91 Å². The molecule has 0 aromatic heterocycles. The number of benzene rings is 2. The van der Waals surface area contributed by atoms with Crippen LogP contribution in [-0.4, -0.2) is 11.6 Å². The lowest BCUT2D eigenvalue weighted by Crippen LogP contribution is -2.19. The van der Waals surface area contributed by atoms with E-state index in [1.54, 1.807) is 12.1 Å². The molecule has 2 aromatic carbocycles. The van der Waals surface area contributed by atoms with Crippen molar-refractivity contribution in [3.05, 3.63) is 69.2 Å². The summed E-state index contributed by atoms with van der Waals surface area (Å²) in [5.41, 5.74) is 7.21. The summed E-state index contributed by atoms with van der Waals surface area (Å²) in [7, 11) is 0. The van der Waals surface area contributed by atoms with Crippen molar-refractivity contribution in [3.63, 3.8) is 0 Å². The summed E-state index contributed by atoms with van der Waals surface area (Å²) in [5.74, 6) is -0.220. The molecule has 0 aliphatic heterocycles. The molecule has 0 fully saturated rings. The molecule has 0 aliphatic carbocycles. The van der Waals surface area contributed by atoms with Gasteiger partial charge < -0.3 is 0 Å². The minimum atomic E-state index is -0.220. The first kappa shape index (κ1) is 15.4. The molecule has 2 aromatic rings. The van der Waals surface area contributed by atoms with E-state index >= 15 is 0 Å². The summed E-state index contributed by atoms with van der Waals surface area (Å²) in [6.45, 7) is 5.88. The first-order valence-corrected chi connectivity index (χ1v) is 7.44. The first-order chi connectivity index (χ1) is 9.97. The van der Waals surface area contributed by atoms with E-state index in [0.29, 0.717) is 5.56 Å². The molecule has 3 nitrogen and oxygen atoms in total. The minimum Gasteiger partial charge on any atom is -0.267 e. The molecule has 0 spiro atoms. The van der Waals surface area contributed by atoms with Crippen LogP contribution in [0.2, 0.25) is 0 Å². The zero-order valence-electron chi connectivity index (χ0n) is 12.3. The Hall–Kier alpha value is -1.94. The largest absolute Gasteiger partial charge is 0.271 e. The van der Waals surface area contributed by atoms with Crippen molar-refractivity contribution in [3.8, 4) is 0 Å². The van der Waals surface area contributed by atoms with E-state index in [0.717, 1.165) is 21.3 Å². The van der Waals surface area contributed by atoms with Gasteiger partial charge in [0, 0.05) is 10.0 Å². The van der Waals surface area contributed by atoms with Gasteiger partial charge in [0.15, 0.2) is 0 Å². The molecule has 0 aliphatic rings. The molecule has 0 bridgehead atoms.